The number of non-ortho nitro benzene ring substituents is 1. The fourth-order valence-corrected chi connectivity index (χ4v) is 3.72. The summed E-state index contributed by atoms with van der Waals surface area (Å²) in [6, 6.07) is 15.3. The van der Waals surface area contributed by atoms with Crippen molar-refractivity contribution in [2.75, 3.05) is 0 Å². The van der Waals surface area contributed by atoms with Crippen LogP contribution >= 0.6 is 0 Å². The van der Waals surface area contributed by atoms with Crippen LogP contribution in [0.5, 0.6) is 0 Å². The van der Waals surface area contributed by atoms with E-state index >= 15 is 0 Å². The van der Waals surface area contributed by atoms with Gasteiger partial charge in [0.1, 0.15) is 6.04 Å². The molecule has 0 bridgehead atoms. The second-order valence-electron chi connectivity index (χ2n) is 8.84. The van der Waals surface area contributed by atoms with Crippen molar-refractivity contribution in [3.05, 3.63) is 75.7 Å². The van der Waals surface area contributed by atoms with Crippen LogP contribution in [-0.4, -0.2) is 15.1 Å². The van der Waals surface area contributed by atoms with Gasteiger partial charge in [-0.15, -0.1) is 10.2 Å². The normalized spacial score (nSPS) is 13.5. The molecule has 0 aliphatic rings. The van der Waals surface area contributed by atoms with E-state index in [-0.39, 0.29) is 17.8 Å². The first-order valence-corrected chi connectivity index (χ1v) is 10.8. The van der Waals surface area contributed by atoms with Gasteiger partial charge in [-0.2, -0.15) is 0 Å². The Labute approximate surface area is 183 Å². The van der Waals surface area contributed by atoms with E-state index in [1.807, 2.05) is 0 Å². The van der Waals surface area contributed by atoms with E-state index in [0.29, 0.717) is 29.2 Å². The average Bonchev–Trinajstić information content (AvgIpc) is 3.22. The highest BCUT2D eigenvalue weighted by Crippen LogP contribution is 2.24. The van der Waals surface area contributed by atoms with Gasteiger partial charge in [-0.25, -0.2) is 0 Å². The summed E-state index contributed by atoms with van der Waals surface area (Å²) in [5.74, 6) is 1.97. The molecule has 0 fully saturated rings. The Kier molecular flexibility index (Phi) is 7.17. The number of quaternary nitrogens is 1. The molecule has 7 heteroatoms. The third-order valence-electron chi connectivity index (χ3n) is 5.38. The Balaban J connectivity index is 1.72. The number of nitrogens with two attached hydrogens (primary N) is 1. The van der Waals surface area contributed by atoms with Gasteiger partial charge in [-0.05, 0) is 37.0 Å². The lowest BCUT2D eigenvalue weighted by Crippen LogP contribution is -2.86. The molecular weight excluding hydrogens is 392 g/mol. The third-order valence-corrected chi connectivity index (χ3v) is 5.38. The van der Waals surface area contributed by atoms with Crippen LogP contribution < -0.4 is 5.32 Å². The zero-order valence-corrected chi connectivity index (χ0v) is 18.8. The lowest BCUT2D eigenvalue weighted by atomic mass is 9.93. The van der Waals surface area contributed by atoms with Crippen molar-refractivity contribution in [2.24, 2.45) is 11.8 Å². The smallest absolute Gasteiger partial charge is 0.274 e. The average molecular weight is 424 g/mol. The van der Waals surface area contributed by atoms with Gasteiger partial charge in [0.25, 0.3) is 11.6 Å². The Morgan fingerprint density at radius 2 is 1.61 bits per heavy atom. The molecule has 0 aliphatic carbocycles. The molecule has 2 atom stereocenters. The molecule has 0 saturated heterocycles. The fourth-order valence-electron chi connectivity index (χ4n) is 3.72. The summed E-state index contributed by atoms with van der Waals surface area (Å²) in [6.07, 6.45) is 1.08. The number of hydrogen-bond donors (Lipinski definition) is 1. The van der Waals surface area contributed by atoms with Crippen LogP contribution in [0.3, 0.4) is 0 Å². The highest BCUT2D eigenvalue weighted by atomic mass is 16.6. The minimum Gasteiger partial charge on any atom is -0.415 e. The maximum atomic E-state index is 10.8. The maximum Gasteiger partial charge on any atom is 0.274 e. The number of nitro benzene ring substituents is 1. The first kappa shape index (κ1) is 22.6. The van der Waals surface area contributed by atoms with E-state index in [0.717, 1.165) is 6.42 Å². The molecule has 0 unspecified atom stereocenters. The molecule has 0 aliphatic heterocycles. The molecule has 1 aromatic heterocycles. The predicted octanol–water partition coefficient (Wildman–Crippen LogP) is 4.87. The third kappa shape index (κ3) is 5.76. The van der Waals surface area contributed by atoms with Crippen LogP contribution in [-0.2, 0) is 6.42 Å². The van der Waals surface area contributed by atoms with Crippen molar-refractivity contribution in [1.82, 2.24) is 10.2 Å². The van der Waals surface area contributed by atoms with Crippen LogP contribution in [0, 0.1) is 22.0 Å². The van der Waals surface area contributed by atoms with Crippen molar-refractivity contribution >= 4 is 5.69 Å². The van der Waals surface area contributed by atoms with Gasteiger partial charge in [0.2, 0.25) is 5.89 Å². The largest absolute Gasteiger partial charge is 0.415 e. The molecule has 2 N–H and O–H groups in total. The summed E-state index contributed by atoms with van der Waals surface area (Å²) in [4.78, 5) is 10.4. The summed E-state index contributed by atoms with van der Waals surface area (Å²) < 4.78 is 5.89. The monoisotopic (exact) mass is 423 g/mol. The van der Waals surface area contributed by atoms with Crippen LogP contribution in [0.25, 0.3) is 11.5 Å². The van der Waals surface area contributed by atoms with Gasteiger partial charge in [-0.3, -0.25) is 10.1 Å². The van der Waals surface area contributed by atoms with Gasteiger partial charge in [0.05, 0.1) is 4.92 Å². The van der Waals surface area contributed by atoms with E-state index in [9.17, 15) is 10.1 Å². The fraction of sp³-hybridized carbons (Fsp3) is 0.417. The van der Waals surface area contributed by atoms with Gasteiger partial charge in [0.15, 0.2) is 6.04 Å². The van der Waals surface area contributed by atoms with E-state index in [4.69, 9.17) is 4.42 Å². The van der Waals surface area contributed by atoms with Crippen molar-refractivity contribution < 1.29 is 14.7 Å². The first-order chi connectivity index (χ1) is 14.7. The maximum absolute atomic E-state index is 10.8. The van der Waals surface area contributed by atoms with Gasteiger partial charge in [0, 0.05) is 29.2 Å². The minimum absolute atomic E-state index is 0.0259. The molecule has 0 amide bonds. The number of nitro groups is 1. The molecule has 3 aromatic rings. The summed E-state index contributed by atoms with van der Waals surface area (Å²) in [5.41, 5.74) is 3.34. The number of nitrogens with zero attached hydrogens (tertiary/aromatic N) is 3. The second-order valence-corrected chi connectivity index (χ2v) is 8.84. The first-order valence-electron chi connectivity index (χ1n) is 10.8. The van der Waals surface area contributed by atoms with Gasteiger partial charge >= 0.3 is 0 Å². The quantitative estimate of drug-likeness (QED) is 0.391. The second kappa shape index (κ2) is 9.83. The Bertz CT molecular complexity index is 994. The standard InChI is InChI=1S/C24H30N4O3/c1-15(2)14-18-6-8-19(9-7-18)22(16(3)4)25-17(5)23-26-27-24(31-23)20-10-12-21(13-11-20)28(29)30/h6-13,15-17,22,25H,14H2,1-5H3/p+1/t17-,22-/m0/s1. The summed E-state index contributed by atoms with van der Waals surface area (Å²) in [7, 11) is 0. The number of aromatic nitrogens is 2. The number of hydrogen-bond acceptors (Lipinski definition) is 5. The van der Waals surface area contributed by atoms with Crippen molar-refractivity contribution in [3.63, 3.8) is 0 Å². The van der Waals surface area contributed by atoms with E-state index < -0.39 is 4.92 Å². The predicted molar refractivity (Wildman–Crippen MR) is 119 cm³/mol. The highest BCUT2D eigenvalue weighted by Gasteiger charge is 2.26. The van der Waals surface area contributed by atoms with Crippen LogP contribution in [0.4, 0.5) is 5.69 Å². The zero-order valence-electron chi connectivity index (χ0n) is 18.8. The van der Waals surface area contributed by atoms with E-state index in [2.05, 4.69) is 74.4 Å². The Morgan fingerprint density at radius 3 is 2.16 bits per heavy atom. The van der Waals surface area contributed by atoms with Gasteiger partial charge in [-0.1, -0.05) is 52.0 Å². The highest BCUT2D eigenvalue weighted by molar-refractivity contribution is 5.55. The molecule has 0 saturated carbocycles. The minimum atomic E-state index is -0.429. The van der Waals surface area contributed by atoms with Crippen molar-refractivity contribution in [2.45, 2.75) is 53.1 Å². The molecule has 3 rings (SSSR count). The van der Waals surface area contributed by atoms with Gasteiger partial charge < -0.3 is 9.73 Å². The summed E-state index contributed by atoms with van der Waals surface area (Å²) >= 11 is 0. The van der Waals surface area contributed by atoms with E-state index in [1.165, 1.54) is 23.3 Å². The summed E-state index contributed by atoms with van der Waals surface area (Å²) in [6.45, 7) is 10.9. The number of rotatable bonds is 9. The van der Waals surface area contributed by atoms with Crippen LogP contribution in [0.2, 0.25) is 0 Å². The molecule has 1 heterocycles. The molecule has 31 heavy (non-hydrogen) atoms. The lowest BCUT2D eigenvalue weighted by Gasteiger charge is -2.22. The van der Waals surface area contributed by atoms with Crippen molar-refractivity contribution in [3.8, 4) is 11.5 Å². The SMILES string of the molecule is CC(C)Cc1ccc([C@@H]([NH2+][C@@H](C)c2nnc(-c3ccc([N+](=O)[O-])cc3)o2)C(C)C)cc1. The summed E-state index contributed by atoms with van der Waals surface area (Å²) in [5, 5.41) is 21.5. The molecule has 7 nitrogen and oxygen atoms in total. The van der Waals surface area contributed by atoms with Crippen molar-refractivity contribution in [1.29, 1.82) is 0 Å². The molecule has 2 aromatic carbocycles. The molecule has 0 spiro atoms. The molecule has 164 valence electrons. The lowest BCUT2D eigenvalue weighted by molar-refractivity contribution is -0.739. The van der Waals surface area contributed by atoms with Crippen LogP contribution in [0.1, 0.15) is 63.7 Å². The van der Waals surface area contributed by atoms with Crippen LogP contribution in [0.15, 0.2) is 52.9 Å². The number of benzene rings is 2. The zero-order chi connectivity index (χ0) is 22.5. The molecule has 0 radical (unpaired) electrons. The van der Waals surface area contributed by atoms with E-state index in [1.54, 1.807) is 12.1 Å². The molecular formula is C24H31N4O3+. The Hall–Kier alpha value is -3.06. The topological polar surface area (TPSA) is 98.7 Å². The Morgan fingerprint density at radius 1 is 0.968 bits per heavy atom.